The largest absolute Gasteiger partial charge is 0.416 e. The van der Waals surface area contributed by atoms with Crippen molar-refractivity contribution in [3.05, 3.63) is 65.4 Å². The van der Waals surface area contributed by atoms with Gasteiger partial charge >= 0.3 is 6.18 Å². The number of alkyl halides is 3. The zero-order valence-corrected chi connectivity index (χ0v) is 14.3. The Kier molecular flexibility index (Phi) is 4.94. The fraction of sp³-hybridized carbons (Fsp3) is 0.118. The number of hydrogen-bond acceptors (Lipinski definition) is 5. The summed E-state index contributed by atoms with van der Waals surface area (Å²) in [4.78, 5) is 14.1. The molecular formula is C17H13ClF3N5. The van der Waals surface area contributed by atoms with Gasteiger partial charge in [-0.15, -0.1) is 0 Å². The Morgan fingerprint density at radius 3 is 2.42 bits per heavy atom. The third kappa shape index (κ3) is 4.20. The molecule has 0 atom stereocenters. The fourth-order valence-corrected chi connectivity index (χ4v) is 2.37. The van der Waals surface area contributed by atoms with Crippen molar-refractivity contribution in [2.45, 2.75) is 6.18 Å². The number of nitrogens with one attached hydrogen (secondary N) is 1. The highest BCUT2D eigenvalue weighted by molar-refractivity contribution is 6.30. The number of aromatic nitrogens is 3. The standard InChI is InChI=1S/C17H13ClF3N5/c1-26(14-4-2-3-12(18)9-14)16-23-10-22-15(25-16)24-13-7-5-11(6-8-13)17(19,20)21/h2-10H,1H3,(H,22,23,24,25). The number of anilines is 4. The smallest absolute Gasteiger partial charge is 0.324 e. The van der Waals surface area contributed by atoms with Gasteiger partial charge in [-0.2, -0.15) is 18.2 Å². The van der Waals surface area contributed by atoms with Gasteiger partial charge in [0.2, 0.25) is 11.9 Å². The average Bonchev–Trinajstić information content (AvgIpc) is 2.61. The molecule has 0 unspecified atom stereocenters. The van der Waals surface area contributed by atoms with E-state index in [4.69, 9.17) is 11.6 Å². The van der Waals surface area contributed by atoms with E-state index in [-0.39, 0.29) is 5.95 Å². The minimum Gasteiger partial charge on any atom is -0.324 e. The summed E-state index contributed by atoms with van der Waals surface area (Å²) in [6.45, 7) is 0. The van der Waals surface area contributed by atoms with E-state index in [1.54, 1.807) is 30.1 Å². The van der Waals surface area contributed by atoms with Crippen molar-refractivity contribution in [1.82, 2.24) is 15.0 Å². The summed E-state index contributed by atoms with van der Waals surface area (Å²) in [6, 6.07) is 11.8. The number of halogens is 4. The molecule has 5 nitrogen and oxygen atoms in total. The highest BCUT2D eigenvalue weighted by Crippen LogP contribution is 2.30. The van der Waals surface area contributed by atoms with E-state index in [1.807, 2.05) is 6.07 Å². The minimum absolute atomic E-state index is 0.212. The Morgan fingerprint density at radius 1 is 1.04 bits per heavy atom. The Hall–Kier alpha value is -2.87. The predicted octanol–water partition coefficient (Wildman–Crippen LogP) is 5.06. The van der Waals surface area contributed by atoms with Gasteiger partial charge in [-0.05, 0) is 42.5 Å². The van der Waals surface area contributed by atoms with Gasteiger partial charge in [0.1, 0.15) is 6.33 Å². The average molecular weight is 380 g/mol. The first-order valence-electron chi connectivity index (χ1n) is 7.45. The van der Waals surface area contributed by atoms with E-state index in [0.717, 1.165) is 17.8 Å². The lowest BCUT2D eigenvalue weighted by Crippen LogP contribution is -2.14. The second-order valence-electron chi connectivity index (χ2n) is 5.35. The van der Waals surface area contributed by atoms with Crippen molar-refractivity contribution < 1.29 is 13.2 Å². The Balaban J connectivity index is 1.79. The Labute approximate surface area is 152 Å². The molecule has 2 aromatic carbocycles. The van der Waals surface area contributed by atoms with Crippen LogP contribution >= 0.6 is 11.6 Å². The molecular weight excluding hydrogens is 367 g/mol. The molecule has 3 rings (SSSR count). The molecule has 0 amide bonds. The molecule has 0 bridgehead atoms. The van der Waals surface area contributed by atoms with E-state index in [0.29, 0.717) is 16.7 Å². The summed E-state index contributed by atoms with van der Waals surface area (Å²) < 4.78 is 37.8. The molecule has 0 saturated carbocycles. The monoisotopic (exact) mass is 379 g/mol. The summed E-state index contributed by atoms with van der Waals surface area (Å²) in [5, 5.41) is 3.43. The van der Waals surface area contributed by atoms with Crippen LogP contribution in [0, 0.1) is 0 Å². The number of benzene rings is 2. The first-order valence-corrected chi connectivity index (χ1v) is 7.83. The van der Waals surface area contributed by atoms with Gasteiger partial charge in [-0.1, -0.05) is 17.7 Å². The van der Waals surface area contributed by atoms with Gasteiger partial charge in [0.15, 0.2) is 0 Å². The molecule has 1 aromatic heterocycles. The number of rotatable bonds is 4. The summed E-state index contributed by atoms with van der Waals surface area (Å²) in [7, 11) is 1.77. The molecule has 0 fully saturated rings. The molecule has 134 valence electrons. The van der Waals surface area contributed by atoms with Gasteiger partial charge in [0, 0.05) is 23.4 Å². The van der Waals surface area contributed by atoms with Crippen LogP contribution in [0.1, 0.15) is 5.56 Å². The van der Waals surface area contributed by atoms with E-state index >= 15 is 0 Å². The van der Waals surface area contributed by atoms with Crippen LogP contribution in [0.3, 0.4) is 0 Å². The van der Waals surface area contributed by atoms with Crippen molar-refractivity contribution in [3.8, 4) is 0 Å². The third-order valence-electron chi connectivity index (χ3n) is 3.52. The summed E-state index contributed by atoms with van der Waals surface area (Å²) >= 11 is 5.99. The normalized spacial score (nSPS) is 11.3. The zero-order chi connectivity index (χ0) is 18.7. The second-order valence-corrected chi connectivity index (χ2v) is 5.78. The molecule has 0 radical (unpaired) electrons. The van der Waals surface area contributed by atoms with Gasteiger partial charge < -0.3 is 10.2 Å². The molecule has 1 heterocycles. The number of nitrogens with zero attached hydrogens (tertiary/aromatic N) is 4. The number of hydrogen-bond donors (Lipinski definition) is 1. The molecule has 0 aliphatic rings. The van der Waals surface area contributed by atoms with Gasteiger partial charge in [-0.25, -0.2) is 9.97 Å². The van der Waals surface area contributed by atoms with Crippen LogP contribution in [-0.2, 0) is 6.18 Å². The molecule has 0 saturated heterocycles. The van der Waals surface area contributed by atoms with Crippen LogP contribution in [-0.4, -0.2) is 22.0 Å². The van der Waals surface area contributed by atoms with Crippen LogP contribution < -0.4 is 10.2 Å². The lowest BCUT2D eigenvalue weighted by molar-refractivity contribution is -0.137. The highest BCUT2D eigenvalue weighted by Gasteiger charge is 2.29. The molecule has 1 N–H and O–H groups in total. The Morgan fingerprint density at radius 2 is 1.77 bits per heavy atom. The topological polar surface area (TPSA) is 53.9 Å². The van der Waals surface area contributed by atoms with Crippen molar-refractivity contribution in [1.29, 1.82) is 0 Å². The second kappa shape index (κ2) is 7.17. The molecule has 0 aliphatic heterocycles. The molecule has 3 aromatic rings. The highest BCUT2D eigenvalue weighted by atomic mass is 35.5. The Bertz CT molecular complexity index is 899. The van der Waals surface area contributed by atoms with E-state index in [1.165, 1.54) is 18.5 Å². The van der Waals surface area contributed by atoms with E-state index in [2.05, 4.69) is 20.3 Å². The summed E-state index contributed by atoms with van der Waals surface area (Å²) in [5.74, 6) is 0.570. The zero-order valence-electron chi connectivity index (χ0n) is 13.5. The van der Waals surface area contributed by atoms with Crippen molar-refractivity contribution in [2.75, 3.05) is 17.3 Å². The summed E-state index contributed by atoms with van der Waals surface area (Å²) in [6.07, 6.45) is -3.06. The van der Waals surface area contributed by atoms with Gasteiger partial charge in [0.05, 0.1) is 5.56 Å². The van der Waals surface area contributed by atoms with Crippen LogP contribution in [0.25, 0.3) is 0 Å². The van der Waals surface area contributed by atoms with Crippen LogP contribution in [0.5, 0.6) is 0 Å². The van der Waals surface area contributed by atoms with Crippen molar-refractivity contribution >= 4 is 34.9 Å². The molecule has 9 heteroatoms. The van der Waals surface area contributed by atoms with Gasteiger partial charge in [-0.3, -0.25) is 0 Å². The van der Waals surface area contributed by atoms with E-state index in [9.17, 15) is 13.2 Å². The van der Waals surface area contributed by atoms with E-state index < -0.39 is 11.7 Å². The first-order chi connectivity index (χ1) is 12.3. The molecule has 0 spiro atoms. The maximum absolute atomic E-state index is 12.6. The quantitative estimate of drug-likeness (QED) is 0.687. The molecule has 0 aliphatic carbocycles. The van der Waals surface area contributed by atoms with Crippen LogP contribution in [0.2, 0.25) is 5.02 Å². The predicted molar refractivity (Wildman–Crippen MR) is 94.1 cm³/mol. The minimum atomic E-state index is -4.38. The lowest BCUT2D eigenvalue weighted by atomic mass is 10.2. The maximum atomic E-state index is 12.6. The first kappa shape index (κ1) is 17.9. The maximum Gasteiger partial charge on any atom is 0.416 e. The molecule has 26 heavy (non-hydrogen) atoms. The fourth-order valence-electron chi connectivity index (χ4n) is 2.18. The van der Waals surface area contributed by atoms with Crippen molar-refractivity contribution in [2.24, 2.45) is 0 Å². The third-order valence-corrected chi connectivity index (χ3v) is 3.76. The van der Waals surface area contributed by atoms with Crippen LogP contribution in [0.15, 0.2) is 54.9 Å². The SMILES string of the molecule is CN(c1cccc(Cl)c1)c1ncnc(Nc2ccc(C(F)(F)F)cc2)n1. The summed E-state index contributed by atoms with van der Waals surface area (Å²) in [5.41, 5.74) is 0.491. The van der Waals surface area contributed by atoms with Crippen molar-refractivity contribution in [3.63, 3.8) is 0 Å². The lowest BCUT2D eigenvalue weighted by Gasteiger charge is -2.17. The van der Waals surface area contributed by atoms with Gasteiger partial charge in [0.25, 0.3) is 0 Å². The van der Waals surface area contributed by atoms with Crippen LogP contribution in [0.4, 0.5) is 36.4 Å².